The molecule has 0 aliphatic heterocycles. The van der Waals surface area contributed by atoms with Gasteiger partial charge in [0.2, 0.25) is 0 Å². The van der Waals surface area contributed by atoms with E-state index in [4.69, 9.17) is 0 Å². The predicted octanol–water partition coefficient (Wildman–Crippen LogP) is 4.67. The lowest BCUT2D eigenvalue weighted by Crippen LogP contribution is -1.83. The zero-order valence-corrected chi connectivity index (χ0v) is 11.8. The van der Waals surface area contributed by atoms with E-state index in [0.717, 1.165) is 22.8 Å². The van der Waals surface area contributed by atoms with Crippen molar-refractivity contribution >= 4 is 17.2 Å². The molecule has 20 heavy (non-hydrogen) atoms. The number of hydrogen-bond acceptors (Lipinski definition) is 3. The molecule has 100 valence electrons. The SMILES string of the molecule is Cc1cccc(N=Nc2c(C)nc3cc(C)ccn23)c1. The number of benzene rings is 1. The fourth-order valence-electron chi connectivity index (χ4n) is 2.17. The molecule has 0 atom stereocenters. The van der Waals surface area contributed by atoms with E-state index in [-0.39, 0.29) is 0 Å². The van der Waals surface area contributed by atoms with Gasteiger partial charge in [-0.2, -0.15) is 0 Å². The number of hydrogen-bond donors (Lipinski definition) is 0. The molecule has 4 nitrogen and oxygen atoms in total. The lowest BCUT2D eigenvalue weighted by atomic mass is 10.2. The van der Waals surface area contributed by atoms with Gasteiger partial charge >= 0.3 is 0 Å². The molecule has 0 amide bonds. The highest BCUT2D eigenvalue weighted by molar-refractivity contribution is 5.53. The maximum Gasteiger partial charge on any atom is 0.182 e. The number of pyridine rings is 1. The van der Waals surface area contributed by atoms with E-state index < -0.39 is 0 Å². The molecule has 0 radical (unpaired) electrons. The number of nitrogens with zero attached hydrogens (tertiary/aromatic N) is 4. The summed E-state index contributed by atoms with van der Waals surface area (Å²) in [6, 6.07) is 12.1. The van der Waals surface area contributed by atoms with Gasteiger partial charge in [0, 0.05) is 6.20 Å². The van der Waals surface area contributed by atoms with Crippen LogP contribution in [0.1, 0.15) is 16.8 Å². The molecule has 0 spiro atoms. The summed E-state index contributed by atoms with van der Waals surface area (Å²) in [4.78, 5) is 4.51. The smallest absolute Gasteiger partial charge is 0.182 e. The Bertz CT molecular complexity index is 799. The van der Waals surface area contributed by atoms with E-state index in [9.17, 15) is 0 Å². The van der Waals surface area contributed by atoms with Crippen molar-refractivity contribution in [1.29, 1.82) is 0 Å². The Morgan fingerprint density at radius 2 is 1.75 bits per heavy atom. The molecule has 0 unspecified atom stereocenters. The molecule has 0 N–H and O–H groups in total. The van der Waals surface area contributed by atoms with Crippen LogP contribution in [-0.2, 0) is 0 Å². The standard InChI is InChI=1S/C16H16N4/c1-11-5-4-6-14(9-11)18-19-16-13(3)17-15-10-12(2)7-8-20(15)16/h4-10H,1-3H3. The second-order valence-electron chi connectivity index (χ2n) is 4.99. The Morgan fingerprint density at radius 3 is 2.55 bits per heavy atom. The highest BCUT2D eigenvalue weighted by Crippen LogP contribution is 2.24. The molecular formula is C16H16N4. The van der Waals surface area contributed by atoms with Crippen LogP contribution in [0.15, 0.2) is 52.8 Å². The third kappa shape index (κ3) is 2.32. The zero-order valence-electron chi connectivity index (χ0n) is 11.8. The van der Waals surface area contributed by atoms with Crippen LogP contribution in [0.3, 0.4) is 0 Å². The molecule has 0 bridgehead atoms. The Morgan fingerprint density at radius 1 is 0.950 bits per heavy atom. The van der Waals surface area contributed by atoms with Crippen molar-refractivity contribution in [2.75, 3.05) is 0 Å². The molecule has 0 aliphatic rings. The first-order valence-electron chi connectivity index (χ1n) is 6.57. The number of aromatic nitrogens is 2. The Hall–Kier alpha value is -2.49. The molecule has 2 heterocycles. The van der Waals surface area contributed by atoms with Gasteiger partial charge in [-0.3, -0.25) is 4.40 Å². The van der Waals surface area contributed by atoms with E-state index in [0.29, 0.717) is 0 Å². The van der Waals surface area contributed by atoms with Gasteiger partial charge in [-0.05, 0) is 56.2 Å². The summed E-state index contributed by atoms with van der Waals surface area (Å²) in [6.07, 6.45) is 1.98. The molecule has 3 aromatic rings. The van der Waals surface area contributed by atoms with Gasteiger partial charge in [0.25, 0.3) is 0 Å². The molecule has 3 rings (SSSR count). The largest absolute Gasteiger partial charge is 0.283 e. The number of fused-ring (bicyclic) bond motifs is 1. The molecule has 0 fully saturated rings. The average Bonchev–Trinajstić information content (AvgIpc) is 2.71. The highest BCUT2D eigenvalue weighted by Gasteiger charge is 2.07. The van der Waals surface area contributed by atoms with Crippen LogP contribution in [0.5, 0.6) is 0 Å². The first kappa shape index (κ1) is 12.5. The second kappa shape index (κ2) is 4.89. The topological polar surface area (TPSA) is 42.0 Å². The molecule has 1 aromatic carbocycles. The van der Waals surface area contributed by atoms with Crippen molar-refractivity contribution < 1.29 is 0 Å². The minimum Gasteiger partial charge on any atom is -0.283 e. The van der Waals surface area contributed by atoms with Gasteiger partial charge in [-0.25, -0.2) is 4.98 Å². The third-order valence-electron chi connectivity index (χ3n) is 3.19. The summed E-state index contributed by atoms with van der Waals surface area (Å²) in [5.41, 5.74) is 5.00. The van der Waals surface area contributed by atoms with E-state index in [1.165, 1.54) is 11.1 Å². The van der Waals surface area contributed by atoms with E-state index in [1.807, 2.05) is 60.8 Å². The molecule has 0 aliphatic carbocycles. The zero-order chi connectivity index (χ0) is 14.1. The van der Waals surface area contributed by atoms with Crippen molar-refractivity contribution in [3.63, 3.8) is 0 Å². The molecule has 4 heteroatoms. The van der Waals surface area contributed by atoms with Crippen molar-refractivity contribution in [3.8, 4) is 0 Å². The Balaban J connectivity index is 2.04. The number of imidazole rings is 1. The molecule has 2 aromatic heterocycles. The second-order valence-corrected chi connectivity index (χ2v) is 4.99. The van der Waals surface area contributed by atoms with Crippen molar-refractivity contribution in [1.82, 2.24) is 9.38 Å². The monoisotopic (exact) mass is 264 g/mol. The highest BCUT2D eigenvalue weighted by atomic mass is 15.2. The minimum absolute atomic E-state index is 0.779. The summed E-state index contributed by atoms with van der Waals surface area (Å²) in [7, 11) is 0. The van der Waals surface area contributed by atoms with E-state index in [1.54, 1.807) is 0 Å². The summed E-state index contributed by atoms with van der Waals surface area (Å²) in [6.45, 7) is 6.05. The van der Waals surface area contributed by atoms with Crippen LogP contribution in [-0.4, -0.2) is 9.38 Å². The lowest BCUT2D eigenvalue weighted by molar-refractivity contribution is 1.09. The quantitative estimate of drug-likeness (QED) is 0.620. The lowest BCUT2D eigenvalue weighted by Gasteiger charge is -1.98. The fraction of sp³-hybridized carbons (Fsp3) is 0.188. The van der Waals surface area contributed by atoms with Gasteiger partial charge < -0.3 is 0 Å². The summed E-state index contributed by atoms with van der Waals surface area (Å²) in [5, 5.41) is 8.67. The van der Waals surface area contributed by atoms with Gasteiger partial charge in [0.05, 0.1) is 11.4 Å². The predicted molar refractivity (Wildman–Crippen MR) is 80.0 cm³/mol. The fourth-order valence-corrected chi connectivity index (χ4v) is 2.17. The van der Waals surface area contributed by atoms with Gasteiger partial charge in [-0.15, -0.1) is 10.2 Å². The first-order chi connectivity index (χ1) is 9.63. The summed E-state index contributed by atoms with van der Waals surface area (Å²) >= 11 is 0. The van der Waals surface area contributed by atoms with E-state index in [2.05, 4.69) is 22.1 Å². The maximum atomic E-state index is 4.51. The van der Waals surface area contributed by atoms with Crippen LogP contribution in [0, 0.1) is 20.8 Å². The average molecular weight is 264 g/mol. The van der Waals surface area contributed by atoms with Gasteiger partial charge in [0.15, 0.2) is 5.82 Å². The summed E-state index contributed by atoms with van der Waals surface area (Å²) in [5.74, 6) is 0.779. The molecule has 0 saturated heterocycles. The van der Waals surface area contributed by atoms with Gasteiger partial charge in [0.1, 0.15) is 5.65 Å². The Kier molecular flexibility index (Phi) is 3.06. The van der Waals surface area contributed by atoms with Crippen molar-refractivity contribution in [3.05, 3.63) is 59.4 Å². The number of azo groups is 1. The van der Waals surface area contributed by atoms with Crippen molar-refractivity contribution in [2.45, 2.75) is 20.8 Å². The maximum absolute atomic E-state index is 4.51. The number of rotatable bonds is 2. The summed E-state index contributed by atoms with van der Waals surface area (Å²) < 4.78 is 1.96. The van der Waals surface area contributed by atoms with Gasteiger partial charge in [-0.1, -0.05) is 12.1 Å². The van der Waals surface area contributed by atoms with Crippen LogP contribution >= 0.6 is 0 Å². The van der Waals surface area contributed by atoms with Crippen LogP contribution < -0.4 is 0 Å². The van der Waals surface area contributed by atoms with Crippen molar-refractivity contribution in [2.24, 2.45) is 10.2 Å². The van der Waals surface area contributed by atoms with Crippen LogP contribution in [0.2, 0.25) is 0 Å². The van der Waals surface area contributed by atoms with Crippen LogP contribution in [0.4, 0.5) is 11.5 Å². The normalized spacial score (nSPS) is 11.6. The number of aryl methyl sites for hydroxylation is 3. The molecular weight excluding hydrogens is 248 g/mol. The van der Waals surface area contributed by atoms with E-state index >= 15 is 0 Å². The molecule has 0 saturated carbocycles. The third-order valence-corrected chi connectivity index (χ3v) is 3.19. The minimum atomic E-state index is 0.779. The van der Waals surface area contributed by atoms with Crippen LogP contribution in [0.25, 0.3) is 5.65 Å². The first-order valence-corrected chi connectivity index (χ1v) is 6.57. The Labute approximate surface area is 117 Å².